The van der Waals surface area contributed by atoms with Gasteiger partial charge in [-0.25, -0.2) is 0 Å². The molecule has 0 aliphatic heterocycles. The first-order valence-electron chi connectivity index (χ1n) is 7.88. The van der Waals surface area contributed by atoms with Crippen LogP contribution in [0.5, 0.6) is 0 Å². The fourth-order valence-electron chi connectivity index (χ4n) is 2.12. The molecular weight excluding hydrogens is 333 g/mol. The Labute approximate surface area is 150 Å². The SMILES string of the molecule is CCN(/C=C/C=C(/Sc1ccccc1)C(=O)P)Cc1ccccc1. The van der Waals surface area contributed by atoms with Crippen LogP contribution in [0.4, 0.5) is 0 Å². The van der Waals surface area contributed by atoms with Crippen molar-refractivity contribution in [1.29, 1.82) is 0 Å². The first-order valence-corrected chi connectivity index (χ1v) is 9.27. The monoisotopic (exact) mass is 355 g/mol. The number of carbonyl (C=O) groups excluding carboxylic acids is 1. The van der Waals surface area contributed by atoms with Gasteiger partial charge < -0.3 is 4.90 Å². The van der Waals surface area contributed by atoms with Gasteiger partial charge in [-0.3, -0.25) is 4.79 Å². The number of allylic oxidation sites excluding steroid dienone is 3. The van der Waals surface area contributed by atoms with E-state index in [1.54, 1.807) is 0 Å². The molecule has 0 heterocycles. The topological polar surface area (TPSA) is 20.3 Å². The summed E-state index contributed by atoms with van der Waals surface area (Å²) in [4.78, 5) is 15.8. The Bertz CT molecular complexity index is 698. The third-order valence-electron chi connectivity index (χ3n) is 3.39. The molecule has 2 nitrogen and oxygen atoms in total. The van der Waals surface area contributed by atoms with Crippen LogP contribution in [0.1, 0.15) is 12.5 Å². The maximum atomic E-state index is 11.8. The molecule has 0 amide bonds. The van der Waals surface area contributed by atoms with E-state index in [1.165, 1.54) is 17.3 Å². The van der Waals surface area contributed by atoms with Crippen molar-refractivity contribution >= 4 is 26.5 Å². The van der Waals surface area contributed by atoms with Crippen LogP contribution in [0.2, 0.25) is 0 Å². The average Bonchev–Trinajstić information content (AvgIpc) is 2.61. The molecule has 0 spiro atoms. The van der Waals surface area contributed by atoms with Gasteiger partial charge in [-0.2, -0.15) is 0 Å². The molecule has 0 aromatic heterocycles. The summed E-state index contributed by atoms with van der Waals surface area (Å²) in [5.41, 5.74) is 1.27. The molecule has 0 bridgehead atoms. The molecule has 0 saturated heterocycles. The molecule has 24 heavy (non-hydrogen) atoms. The van der Waals surface area contributed by atoms with Crippen LogP contribution in [-0.2, 0) is 11.3 Å². The normalized spacial score (nSPS) is 11.7. The Balaban J connectivity index is 2.03. The van der Waals surface area contributed by atoms with E-state index in [-0.39, 0.29) is 5.52 Å². The quantitative estimate of drug-likeness (QED) is 0.284. The van der Waals surface area contributed by atoms with Crippen molar-refractivity contribution in [2.24, 2.45) is 0 Å². The van der Waals surface area contributed by atoms with Crippen LogP contribution in [0, 0.1) is 0 Å². The van der Waals surface area contributed by atoms with Crippen molar-refractivity contribution < 1.29 is 4.79 Å². The predicted molar refractivity (Wildman–Crippen MR) is 107 cm³/mol. The second kappa shape index (κ2) is 10.1. The molecule has 1 atom stereocenters. The van der Waals surface area contributed by atoms with Crippen molar-refractivity contribution in [2.75, 3.05) is 6.54 Å². The zero-order chi connectivity index (χ0) is 17.2. The fraction of sp³-hybridized carbons (Fsp3) is 0.150. The van der Waals surface area contributed by atoms with Crippen LogP contribution >= 0.6 is 21.0 Å². The van der Waals surface area contributed by atoms with Gasteiger partial charge in [0.25, 0.3) is 0 Å². The number of hydrogen-bond donors (Lipinski definition) is 0. The number of hydrogen-bond acceptors (Lipinski definition) is 3. The minimum Gasteiger partial charge on any atom is -0.373 e. The van der Waals surface area contributed by atoms with Gasteiger partial charge in [0.1, 0.15) is 0 Å². The Hall–Kier alpha value is -1.83. The molecule has 0 aliphatic rings. The molecule has 0 fully saturated rings. The van der Waals surface area contributed by atoms with Gasteiger partial charge in [0.2, 0.25) is 0 Å². The maximum absolute atomic E-state index is 11.8. The molecule has 4 heteroatoms. The van der Waals surface area contributed by atoms with Gasteiger partial charge in [-0.15, -0.1) is 0 Å². The lowest BCUT2D eigenvalue weighted by Crippen LogP contribution is -2.15. The minimum atomic E-state index is -0.000360. The standard InChI is InChI=1S/C20H22NOPS/c1-2-21(16-17-10-5-3-6-11-17)15-9-14-19(20(22)23)24-18-12-7-4-8-13-18/h3-15H,2,16,23H2,1H3/b15-9+,19-14+. The van der Waals surface area contributed by atoms with Crippen LogP contribution in [-0.4, -0.2) is 17.0 Å². The summed E-state index contributed by atoms with van der Waals surface area (Å²) in [6.07, 6.45) is 5.85. The molecule has 0 aliphatic carbocycles. The Morgan fingerprint density at radius 3 is 2.29 bits per heavy atom. The van der Waals surface area contributed by atoms with Gasteiger partial charge in [0, 0.05) is 18.0 Å². The van der Waals surface area contributed by atoms with E-state index < -0.39 is 0 Å². The molecule has 0 N–H and O–H groups in total. The molecule has 2 aromatic carbocycles. The first-order chi connectivity index (χ1) is 11.7. The highest BCUT2D eigenvalue weighted by atomic mass is 32.2. The summed E-state index contributed by atoms with van der Waals surface area (Å²) >= 11 is 1.48. The molecule has 0 saturated carbocycles. The zero-order valence-electron chi connectivity index (χ0n) is 13.8. The summed E-state index contributed by atoms with van der Waals surface area (Å²) in [5, 5.41) is 0. The summed E-state index contributed by atoms with van der Waals surface area (Å²) < 4.78 is 0. The number of benzene rings is 2. The zero-order valence-corrected chi connectivity index (χ0v) is 15.7. The predicted octanol–water partition coefficient (Wildman–Crippen LogP) is 5.10. The minimum absolute atomic E-state index is 0.000360. The lowest BCUT2D eigenvalue weighted by Gasteiger charge is -2.17. The lowest BCUT2D eigenvalue weighted by atomic mass is 10.2. The Morgan fingerprint density at radius 2 is 1.71 bits per heavy atom. The molecule has 2 aromatic rings. The van der Waals surface area contributed by atoms with Crippen LogP contribution in [0.3, 0.4) is 0 Å². The van der Waals surface area contributed by atoms with Gasteiger partial charge in [0.15, 0.2) is 5.52 Å². The second-order valence-electron chi connectivity index (χ2n) is 5.20. The van der Waals surface area contributed by atoms with Crippen LogP contribution < -0.4 is 0 Å². The summed E-state index contributed by atoms with van der Waals surface area (Å²) in [5.74, 6) is 0. The van der Waals surface area contributed by atoms with E-state index in [1.807, 2.05) is 66.9 Å². The molecule has 0 radical (unpaired) electrons. The van der Waals surface area contributed by atoms with E-state index in [0.717, 1.165) is 18.0 Å². The number of carbonyl (C=O) groups is 1. The second-order valence-corrected chi connectivity index (χ2v) is 6.84. The van der Waals surface area contributed by atoms with Crippen LogP contribution in [0.25, 0.3) is 0 Å². The van der Waals surface area contributed by atoms with Crippen LogP contribution in [0.15, 0.2) is 88.8 Å². The van der Waals surface area contributed by atoms with Crippen molar-refractivity contribution in [3.63, 3.8) is 0 Å². The highest BCUT2D eigenvalue weighted by Crippen LogP contribution is 2.28. The summed E-state index contributed by atoms with van der Waals surface area (Å²) in [6.45, 7) is 3.89. The van der Waals surface area contributed by atoms with Gasteiger partial charge >= 0.3 is 0 Å². The molecule has 2 rings (SSSR count). The molecular formula is C20H22NOPS. The highest BCUT2D eigenvalue weighted by molar-refractivity contribution is 8.04. The Kier molecular flexibility index (Phi) is 7.81. The third-order valence-corrected chi connectivity index (χ3v) is 4.98. The highest BCUT2D eigenvalue weighted by Gasteiger charge is 2.05. The molecule has 1 unspecified atom stereocenters. The van der Waals surface area contributed by atoms with Gasteiger partial charge in [-0.1, -0.05) is 69.5 Å². The molecule has 124 valence electrons. The number of nitrogens with zero attached hydrogens (tertiary/aromatic N) is 1. The largest absolute Gasteiger partial charge is 0.373 e. The van der Waals surface area contributed by atoms with Crippen molar-refractivity contribution in [3.8, 4) is 0 Å². The van der Waals surface area contributed by atoms with E-state index in [2.05, 4.69) is 33.2 Å². The van der Waals surface area contributed by atoms with Gasteiger partial charge in [-0.05, 0) is 43.0 Å². The summed E-state index contributed by atoms with van der Waals surface area (Å²) in [7, 11) is 2.25. The van der Waals surface area contributed by atoms with E-state index >= 15 is 0 Å². The summed E-state index contributed by atoms with van der Waals surface area (Å²) in [6, 6.07) is 20.3. The van der Waals surface area contributed by atoms with E-state index in [9.17, 15) is 4.79 Å². The van der Waals surface area contributed by atoms with E-state index in [4.69, 9.17) is 0 Å². The van der Waals surface area contributed by atoms with Crippen molar-refractivity contribution in [3.05, 3.63) is 89.5 Å². The first kappa shape index (κ1) is 18.5. The fourth-order valence-corrected chi connectivity index (χ4v) is 3.19. The van der Waals surface area contributed by atoms with E-state index in [0.29, 0.717) is 4.91 Å². The third kappa shape index (κ3) is 6.35. The van der Waals surface area contributed by atoms with Crippen molar-refractivity contribution in [2.45, 2.75) is 18.4 Å². The smallest absolute Gasteiger partial charge is 0.184 e. The lowest BCUT2D eigenvalue weighted by molar-refractivity contribution is -0.107. The van der Waals surface area contributed by atoms with Crippen molar-refractivity contribution in [1.82, 2.24) is 4.90 Å². The van der Waals surface area contributed by atoms with Gasteiger partial charge in [0.05, 0.1) is 4.91 Å². The number of thioether (sulfide) groups is 1. The average molecular weight is 355 g/mol. The Morgan fingerprint density at radius 1 is 1.08 bits per heavy atom. The maximum Gasteiger partial charge on any atom is 0.184 e. The number of rotatable bonds is 8.